The molecule has 0 aliphatic heterocycles. The Balaban J connectivity index is 0.000000212. The number of benzene rings is 3. The highest BCUT2D eigenvalue weighted by Crippen LogP contribution is 2.36. The van der Waals surface area contributed by atoms with Crippen LogP contribution in [0.15, 0.2) is 128 Å². The number of carbonyl (C=O) groups is 3. The summed E-state index contributed by atoms with van der Waals surface area (Å²) in [4.78, 5) is 36.5. The van der Waals surface area contributed by atoms with Crippen LogP contribution in [0.1, 0.15) is 51.8 Å². The van der Waals surface area contributed by atoms with Crippen LogP contribution in [0.2, 0.25) is 10.0 Å². The van der Waals surface area contributed by atoms with Crippen molar-refractivity contribution in [3.63, 3.8) is 0 Å². The maximum absolute atomic E-state index is 14.1. The molecule has 0 atom stereocenters. The largest absolute Gasteiger partial charge is 1.00 e. The summed E-state index contributed by atoms with van der Waals surface area (Å²) in [5.74, 6) is -2.77. The Hall–Kier alpha value is -6.48. The van der Waals surface area contributed by atoms with Gasteiger partial charge < -0.3 is 66.8 Å². The van der Waals surface area contributed by atoms with E-state index in [1.807, 2.05) is 28.8 Å². The van der Waals surface area contributed by atoms with Crippen LogP contribution in [-0.2, 0) is 14.2 Å². The number of halogens is 6. The summed E-state index contributed by atoms with van der Waals surface area (Å²) in [6.45, 7) is 5.80. The predicted octanol–water partition coefficient (Wildman–Crippen LogP) is -0.160. The summed E-state index contributed by atoms with van der Waals surface area (Å²) < 4.78 is 34.4. The third-order valence-corrected chi connectivity index (χ3v) is 10.6. The lowest BCUT2D eigenvalue weighted by atomic mass is 10.1. The number of hydrogen-bond acceptors (Lipinski definition) is 9. The van der Waals surface area contributed by atoms with Crippen molar-refractivity contribution in [1.29, 1.82) is 0 Å². The maximum Gasteiger partial charge on any atom is 0.348 e. The molecule has 0 aliphatic carbocycles. The molecule has 0 amide bonds. The van der Waals surface area contributed by atoms with Gasteiger partial charge in [0.05, 0.1) is 35.6 Å². The van der Waals surface area contributed by atoms with Gasteiger partial charge in [-0.05, 0) is 69.3 Å². The van der Waals surface area contributed by atoms with Crippen LogP contribution < -0.4 is 50.4 Å². The molecule has 0 saturated heterocycles. The van der Waals surface area contributed by atoms with Gasteiger partial charge in [-0.2, -0.15) is 17.6 Å². The summed E-state index contributed by atoms with van der Waals surface area (Å²) in [7, 11) is 0. The van der Waals surface area contributed by atoms with Gasteiger partial charge in [-0.3, -0.25) is 0 Å². The zero-order chi connectivity index (χ0) is 44.9. The van der Waals surface area contributed by atoms with E-state index in [1.54, 1.807) is 116 Å². The Morgan fingerprint density at radius 1 is 0.485 bits per heavy atom. The van der Waals surface area contributed by atoms with Crippen LogP contribution in [0.25, 0.3) is 49.3 Å². The van der Waals surface area contributed by atoms with Crippen LogP contribution in [0, 0.1) is 5.82 Å². The van der Waals surface area contributed by atoms with E-state index in [0.717, 1.165) is 5.52 Å². The quantitative estimate of drug-likeness (QED) is 0.0895. The normalized spacial score (nSPS) is 10.5. The second-order valence-corrected chi connectivity index (χ2v) is 14.4. The molecule has 9 aromatic rings. The predicted molar refractivity (Wildman–Crippen MR) is 234 cm³/mol. The number of esters is 3. The van der Waals surface area contributed by atoms with Crippen molar-refractivity contribution in [2.45, 2.75) is 20.8 Å². The Morgan fingerprint density at radius 3 is 1.36 bits per heavy atom. The summed E-state index contributed by atoms with van der Waals surface area (Å²) in [6, 6.07) is 30.7. The van der Waals surface area contributed by atoms with E-state index in [9.17, 15) is 34.1 Å². The summed E-state index contributed by atoms with van der Waals surface area (Å²) in [5, 5.41) is 33.5. The number of ether oxygens (including phenoxy) is 3. The number of rotatable bonds is 6. The smallest absolute Gasteiger partial charge is 0.348 e. The summed E-state index contributed by atoms with van der Waals surface area (Å²) in [6.07, 6.45) is 5.25. The number of carbonyl (C=O) groups excluding carboxylic acids is 3. The molecule has 0 fully saturated rings. The van der Waals surface area contributed by atoms with Crippen molar-refractivity contribution >= 4 is 90.4 Å². The van der Waals surface area contributed by atoms with Crippen molar-refractivity contribution in [1.82, 2.24) is 0 Å². The van der Waals surface area contributed by atoms with Crippen LogP contribution in [0.4, 0.5) is 4.39 Å². The maximum atomic E-state index is 14.1. The van der Waals surface area contributed by atoms with E-state index >= 15 is 0 Å². The first-order valence-corrected chi connectivity index (χ1v) is 20.4. The lowest BCUT2D eigenvalue weighted by Crippen LogP contribution is -3.00. The molecular formula is C48H39Cl5FN3O9. The molecule has 12 nitrogen and oxygen atoms in total. The molecule has 0 bridgehead atoms. The fraction of sp³-hybridized carbons (Fsp3) is 0.125. The Bertz CT molecular complexity index is 3140. The first-order valence-electron chi connectivity index (χ1n) is 19.7. The second kappa shape index (κ2) is 22.6. The van der Waals surface area contributed by atoms with Gasteiger partial charge in [0.1, 0.15) is 10.4 Å². The highest BCUT2D eigenvalue weighted by Gasteiger charge is 2.30. The third-order valence-electron chi connectivity index (χ3n) is 9.95. The number of hydrogen-bond donors (Lipinski definition) is 3. The number of aromatic hydroxyl groups is 3. The van der Waals surface area contributed by atoms with E-state index in [-0.39, 0.29) is 102 Å². The van der Waals surface area contributed by atoms with Crippen molar-refractivity contribution in [3.05, 3.63) is 160 Å². The van der Waals surface area contributed by atoms with Crippen LogP contribution >= 0.6 is 23.2 Å². The number of aromatic nitrogens is 3. The number of pyridine rings is 6. The highest BCUT2D eigenvalue weighted by molar-refractivity contribution is 6.36. The fourth-order valence-corrected chi connectivity index (χ4v) is 7.89. The van der Waals surface area contributed by atoms with E-state index in [1.165, 1.54) is 16.5 Å². The van der Waals surface area contributed by atoms with Gasteiger partial charge in [0.15, 0.2) is 58.3 Å². The molecule has 0 radical (unpaired) electrons. The number of fused-ring (bicyclic) bond motifs is 9. The number of nitrogens with zero attached hydrogens (tertiary/aromatic N) is 3. The second-order valence-electron chi connectivity index (χ2n) is 13.6. The molecule has 0 spiro atoms. The Labute approximate surface area is 405 Å². The Kier molecular flexibility index (Phi) is 17.9. The first-order chi connectivity index (χ1) is 30.4. The van der Waals surface area contributed by atoms with E-state index in [4.69, 9.17) is 37.4 Å². The van der Waals surface area contributed by atoms with E-state index in [2.05, 4.69) is 0 Å². The van der Waals surface area contributed by atoms with E-state index in [0.29, 0.717) is 42.9 Å². The molecule has 0 unspecified atom stereocenters. The molecular weight excluding hydrogens is 959 g/mol. The highest BCUT2D eigenvalue weighted by atomic mass is 35.5. The van der Waals surface area contributed by atoms with Crippen molar-refractivity contribution < 1.29 is 98.7 Å². The van der Waals surface area contributed by atoms with Crippen LogP contribution in [0.3, 0.4) is 0 Å². The molecule has 6 heterocycles. The zero-order valence-electron chi connectivity index (χ0n) is 35.1. The van der Waals surface area contributed by atoms with Gasteiger partial charge in [0, 0.05) is 42.5 Å². The average Bonchev–Trinajstić information content (AvgIpc) is 3.27. The van der Waals surface area contributed by atoms with Gasteiger partial charge >= 0.3 is 17.9 Å². The molecule has 9 rings (SSSR count). The van der Waals surface area contributed by atoms with Crippen molar-refractivity contribution in [2.24, 2.45) is 0 Å². The fourth-order valence-electron chi connectivity index (χ4n) is 7.36. The van der Waals surface area contributed by atoms with Crippen LogP contribution in [-0.4, -0.2) is 53.0 Å². The zero-order valence-corrected chi connectivity index (χ0v) is 38.9. The van der Waals surface area contributed by atoms with Crippen LogP contribution in [0.5, 0.6) is 17.2 Å². The van der Waals surface area contributed by atoms with Gasteiger partial charge in [-0.25, -0.2) is 14.4 Å². The minimum atomic E-state index is -0.634. The molecule has 0 aliphatic rings. The first kappa shape index (κ1) is 52.1. The van der Waals surface area contributed by atoms with Gasteiger partial charge in [-0.1, -0.05) is 41.4 Å². The summed E-state index contributed by atoms with van der Waals surface area (Å²) >= 11 is 12.4. The minimum absolute atomic E-state index is 0. The standard InChI is InChI=1S/2C16H12ClNO3.C16H12FNO3.3ClH/c1-2-21-16(20)13-12-8-3-4-9-18(12)14-10(15(13)19)6-5-7-11(14)17;1-2-21-16(20)14-12-7-3-4-9-18(12)11-8-5-6-10(17)13(11)15(14)19;1-2-21-16(20)13-12-8-3-4-9-18(12)14-10(15(13)19)6-5-7-11(14)17;;;/h3*3-9H,2H2,1H3;3*1H. The molecule has 3 aromatic carbocycles. The van der Waals surface area contributed by atoms with Crippen molar-refractivity contribution in [2.75, 3.05) is 19.8 Å². The summed E-state index contributed by atoms with van der Waals surface area (Å²) in [5.41, 5.74) is 3.42. The molecule has 342 valence electrons. The molecule has 6 aromatic heterocycles. The molecule has 3 N–H and O–H groups in total. The lowest BCUT2D eigenvalue weighted by molar-refractivity contribution is -0.483. The lowest BCUT2D eigenvalue weighted by Gasteiger charge is -2.08. The van der Waals surface area contributed by atoms with Gasteiger partial charge in [-0.15, -0.1) is 0 Å². The molecule has 66 heavy (non-hydrogen) atoms. The topological polar surface area (TPSA) is 152 Å². The third kappa shape index (κ3) is 9.72. The average molecular weight is 998 g/mol. The van der Waals surface area contributed by atoms with E-state index < -0.39 is 23.7 Å². The van der Waals surface area contributed by atoms with Crippen molar-refractivity contribution in [3.8, 4) is 17.2 Å². The minimum Gasteiger partial charge on any atom is -1.00 e. The van der Waals surface area contributed by atoms with Gasteiger partial charge in [0.25, 0.3) is 5.52 Å². The van der Waals surface area contributed by atoms with Gasteiger partial charge in [0.2, 0.25) is 27.6 Å². The molecule has 0 saturated carbocycles. The molecule has 18 heteroatoms. The SMILES string of the molecule is CCOC(=O)c1c(O)c2c(Cl)cccc2[n+]2ccccc12.CCOC(=O)c1c(O)c2cccc(Cl)c2[n+]2ccccc12.CCOC(=O)c1c(O)c2cccc(F)c2[n+]2ccccc12.[Cl-].[Cl-].[Cl-]. The Morgan fingerprint density at radius 2 is 0.864 bits per heavy atom. The number of para-hydroxylation sites is 2. The monoisotopic (exact) mass is 995 g/mol.